The molecule has 12 heavy (non-hydrogen) atoms. The summed E-state index contributed by atoms with van der Waals surface area (Å²) in [5.74, 6) is 0. The van der Waals surface area contributed by atoms with Crippen LogP contribution in [0.2, 0.25) is 5.02 Å². The standard InChI is InChI=1S/C9H11ClN2/c1-7-8(10)4-3-5-9(7)12-6-11-2/h3-6H,1-2H3,(H,11,12). The summed E-state index contributed by atoms with van der Waals surface area (Å²) in [5, 5.41) is 3.58. The zero-order valence-electron chi connectivity index (χ0n) is 7.13. The van der Waals surface area contributed by atoms with Crippen LogP contribution < -0.4 is 5.32 Å². The molecule has 3 heteroatoms. The van der Waals surface area contributed by atoms with Crippen molar-refractivity contribution in [2.45, 2.75) is 6.92 Å². The van der Waals surface area contributed by atoms with Gasteiger partial charge in [-0.1, -0.05) is 17.7 Å². The maximum absolute atomic E-state index is 5.90. The van der Waals surface area contributed by atoms with E-state index in [1.165, 1.54) is 0 Å². The van der Waals surface area contributed by atoms with Crippen LogP contribution in [0.3, 0.4) is 0 Å². The van der Waals surface area contributed by atoms with Crippen LogP contribution in [0.25, 0.3) is 0 Å². The van der Waals surface area contributed by atoms with Gasteiger partial charge in [0.2, 0.25) is 0 Å². The molecule has 0 fully saturated rings. The van der Waals surface area contributed by atoms with Gasteiger partial charge < -0.3 is 5.32 Å². The molecule has 0 aliphatic rings. The summed E-state index contributed by atoms with van der Waals surface area (Å²) in [6, 6.07) is 5.67. The summed E-state index contributed by atoms with van der Waals surface area (Å²) < 4.78 is 0. The molecule has 0 unspecified atom stereocenters. The van der Waals surface area contributed by atoms with Gasteiger partial charge in [0.05, 0.1) is 12.0 Å². The molecule has 1 aromatic carbocycles. The van der Waals surface area contributed by atoms with E-state index in [0.717, 1.165) is 16.3 Å². The average molecular weight is 183 g/mol. The van der Waals surface area contributed by atoms with Crippen LogP contribution in [0.4, 0.5) is 5.69 Å². The Kier molecular flexibility index (Phi) is 3.11. The van der Waals surface area contributed by atoms with Gasteiger partial charge in [-0.25, -0.2) is 4.99 Å². The van der Waals surface area contributed by atoms with Gasteiger partial charge in [-0.05, 0) is 24.6 Å². The van der Waals surface area contributed by atoms with Crippen molar-refractivity contribution < 1.29 is 0 Å². The summed E-state index contributed by atoms with van der Waals surface area (Å²) in [4.78, 5) is 4.16. The van der Waals surface area contributed by atoms with E-state index in [1.54, 1.807) is 6.34 Å². The molecular weight excluding hydrogens is 172 g/mol. The first-order valence-electron chi connectivity index (χ1n) is 3.70. The molecule has 1 rings (SSSR count). The predicted octanol–water partition coefficient (Wildman–Crippen LogP) is 2.53. The van der Waals surface area contributed by atoms with E-state index in [2.05, 4.69) is 10.3 Å². The second-order valence-electron chi connectivity index (χ2n) is 2.43. The molecule has 0 saturated carbocycles. The van der Waals surface area contributed by atoms with Crippen LogP contribution in [0, 0.1) is 6.92 Å². The van der Waals surface area contributed by atoms with Crippen LogP contribution in [0.1, 0.15) is 5.56 Å². The summed E-state index contributed by atoms with van der Waals surface area (Å²) in [7, 11) is 1.81. The van der Waals surface area contributed by atoms with Crippen molar-refractivity contribution in [1.29, 1.82) is 0 Å². The molecule has 0 bridgehead atoms. The Morgan fingerprint density at radius 2 is 2.25 bits per heavy atom. The highest BCUT2D eigenvalue weighted by molar-refractivity contribution is 6.31. The lowest BCUT2D eigenvalue weighted by atomic mass is 10.2. The zero-order valence-corrected chi connectivity index (χ0v) is 7.89. The average Bonchev–Trinajstić information content (AvgIpc) is 2.08. The second kappa shape index (κ2) is 4.12. The Morgan fingerprint density at radius 1 is 1.50 bits per heavy atom. The number of benzene rings is 1. The van der Waals surface area contributed by atoms with Gasteiger partial charge >= 0.3 is 0 Å². The van der Waals surface area contributed by atoms with Gasteiger partial charge in [-0.2, -0.15) is 0 Å². The van der Waals surface area contributed by atoms with Gasteiger partial charge in [0.1, 0.15) is 0 Å². The Balaban J connectivity index is 3.00. The summed E-state index contributed by atoms with van der Waals surface area (Å²) in [5.41, 5.74) is 1.91. The molecule has 2 nitrogen and oxygen atoms in total. The number of nitrogens with zero attached hydrogens (tertiary/aromatic N) is 1. The van der Waals surface area contributed by atoms with Crippen molar-refractivity contribution in [3.8, 4) is 0 Å². The lowest BCUT2D eigenvalue weighted by molar-refractivity contribution is 1.20. The normalized spacial score (nSPS) is 10.6. The highest BCUT2D eigenvalue weighted by Crippen LogP contribution is 2.24. The van der Waals surface area contributed by atoms with E-state index in [1.807, 2.05) is 32.2 Å². The third-order valence-corrected chi connectivity index (χ3v) is 1.98. The van der Waals surface area contributed by atoms with E-state index in [0.29, 0.717) is 0 Å². The van der Waals surface area contributed by atoms with Crippen LogP contribution in [-0.2, 0) is 0 Å². The van der Waals surface area contributed by atoms with Crippen molar-refractivity contribution >= 4 is 23.6 Å². The molecule has 0 heterocycles. The number of aliphatic imine (C=N–C) groups is 1. The molecule has 0 radical (unpaired) electrons. The number of rotatable bonds is 2. The van der Waals surface area contributed by atoms with E-state index >= 15 is 0 Å². The highest BCUT2D eigenvalue weighted by Gasteiger charge is 1.98. The first-order chi connectivity index (χ1) is 5.75. The third kappa shape index (κ3) is 1.98. The van der Waals surface area contributed by atoms with Crippen LogP contribution >= 0.6 is 11.6 Å². The molecule has 1 aromatic rings. The zero-order chi connectivity index (χ0) is 8.97. The molecular formula is C9H11ClN2. The van der Waals surface area contributed by atoms with Crippen molar-refractivity contribution in [3.05, 3.63) is 28.8 Å². The number of nitrogens with one attached hydrogen (secondary N) is 1. The smallest absolute Gasteiger partial charge is 0.0883 e. The number of hydrogen-bond acceptors (Lipinski definition) is 1. The Bertz CT molecular complexity index is 295. The molecule has 0 aromatic heterocycles. The second-order valence-corrected chi connectivity index (χ2v) is 2.84. The molecule has 0 saturated heterocycles. The Morgan fingerprint density at radius 3 is 2.92 bits per heavy atom. The molecule has 64 valence electrons. The molecule has 0 spiro atoms. The van der Waals surface area contributed by atoms with Gasteiger partial charge in [0.25, 0.3) is 0 Å². The molecule has 0 amide bonds. The van der Waals surface area contributed by atoms with Gasteiger partial charge in [0.15, 0.2) is 0 Å². The Labute approximate surface area is 77.3 Å². The van der Waals surface area contributed by atoms with Gasteiger partial charge in [0, 0.05) is 12.1 Å². The lowest BCUT2D eigenvalue weighted by Crippen LogP contribution is -1.99. The van der Waals surface area contributed by atoms with Crippen LogP contribution in [0.5, 0.6) is 0 Å². The van der Waals surface area contributed by atoms with Crippen molar-refractivity contribution in [3.63, 3.8) is 0 Å². The molecule has 0 aliphatic heterocycles. The van der Waals surface area contributed by atoms with Crippen LogP contribution in [0.15, 0.2) is 23.2 Å². The summed E-state index contributed by atoms with van der Waals surface area (Å²) in [6.45, 7) is 1.95. The third-order valence-electron chi connectivity index (χ3n) is 1.57. The largest absolute Gasteiger partial charge is 0.379 e. The van der Waals surface area contributed by atoms with Crippen molar-refractivity contribution in [2.75, 3.05) is 7.05 Å². The molecule has 1 N–H and O–H groups in total. The van der Waals surface area contributed by atoms with E-state index in [-0.39, 0.29) is 0 Å². The monoisotopic (exact) mass is 182 g/mol. The van der Waals surface area contributed by atoms with E-state index in [9.17, 15) is 0 Å². The highest BCUT2D eigenvalue weighted by atomic mass is 35.5. The first kappa shape index (κ1) is 9.07. The number of halogens is 1. The lowest BCUT2D eigenvalue weighted by Gasteiger charge is -2.00. The van der Waals surface area contributed by atoms with Crippen molar-refractivity contribution in [1.82, 2.24) is 5.32 Å². The minimum absolute atomic E-state index is 0.751. The fourth-order valence-electron chi connectivity index (χ4n) is 0.870. The minimum Gasteiger partial charge on any atom is -0.379 e. The van der Waals surface area contributed by atoms with E-state index in [4.69, 9.17) is 11.6 Å². The maximum atomic E-state index is 5.90. The van der Waals surface area contributed by atoms with Crippen molar-refractivity contribution in [2.24, 2.45) is 4.99 Å². The predicted molar refractivity (Wildman–Crippen MR) is 53.4 cm³/mol. The fourth-order valence-corrected chi connectivity index (χ4v) is 1.04. The molecule has 0 atom stereocenters. The topological polar surface area (TPSA) is 24.4 Å². The number of hydrogen-bond donors (Lipinski definition) is 1. The SMILES string of the molecule is CNC=Nc1cccc(Cl)c1C. The van der Waals surface area contributed by atoms with E-state index < -0.39 is 0 Å². The minimum atomic E-state index is 0.751. The Hall–Kier alpha value is -1.02. The molecule has 0 aliphatic carbocycles. The first-order valence-corrected chi connectivity index (χ1v) is 4.08. The summed E-state index contributed by atoms with van der Waals surface area (Å²) >= 11 is 5.90. The fraction of sp³-hybridized carbons (Fsp3) is 0.222. The quantitative estimate of drug-likeness (QED) is 0.552. The van der Waals surface area contributed by atoms with Gasteiger partial charge in [-0.3, -0.25) is 0 Å². The van der Waals surface area contributed by atoms with Gasteiger partial charge in [-0.15, -0.1) is 0 Å². The maximum Gasteiger partial charge on any atom is 0.0883 e. The van der Waals surface area contributed by atoms with Crippen LogP contribution in [-0.4, -0.2) is 13.4 Å². The summed E-state index contributed by atoms with van der Waals surface area (Å²) in [6.07, 6.45) is 1.64.